The lowest BCUT2D eigenvalue weighted by atomic mass is 10.0. The van der Waals surface area contributed by atoms with Gasteiger partial charge in [-0.15, -0.1) is 0 Å². The zero-order valence-corrected chi connectivity index (χ0v) is 10.3. The van der Waals surface area contributed by atoms with Crippen LogP contribution in [0.5, 0.6) is 0 Å². The lowest BCUT2D eigenvalue weighted by Gasteiger charge is -2.19. The van der Waals surface area contributed by atoms with Crippen molar-refractivity contribution in [2.45, 2.75) is 32.7 Å². The lowest BCUT2D eigenvalue weighted by Crippen LogP contribution is -2.23. The molecular formula is C14H22N2. The Hall–Kier alpha value is -1.02. The molecule has 2 N–H and O–H groups in total. The second-order valence-electron chi connectivity index (χ2n) is 5.15. The van der Waals surface area contributed by atoms with E-state index >= 15 is 0 Å². The maximum atomic E-state index is 5.86. The molecule has 0 saturated carbocycles. The van der Waals surface area contributed by atoms with Crippen molar-refractivity contribution in [2.75, 3.05) is 18.0 Å². The number of nitrogens with zero attached hydrogens (tertiary/aromatic N) is 1. The van der Waals surface area contributed by atoms with Gasteiger partial charge >= 0.3 is 0 Å². The number of anilines is 1. The molecular weight excluding hydrogens is 196 g/mol. The van der Waals surface area contributed by atoms with E-state index in [4.69, 9.17) is 5.73 Å². The van der Waals surface area contributed by atoms with Crippen molar-refractivity contribution in [3.05, 3.63) is 29.8 Å². The van der Waals surface area contributed by atoms with Crippen LogP contribution in [0.4, 0.5) is 5.69 Å². The summed E-state index contributed by atoms with van der Waals surface area (Å²) in [5, 5.41) is 0. The number of hydrogen-bond acceptors (Lipinski definition) is 2. The standard InChI is InChI=1S/C14H22N2/c1-11-4-3-5-14(8-11)16-7-6-13(10-16)9-12(2)15/h3-5,8,12-13H,6-7,9-10,15H2,1-2H3. The van der Waals surface area contributed by atoms with E-state index in [1.165, 1.54) is 30.8 Å². The van der Waals surface area contributed by atoms with Gasteiger partial charge in [0.1, 0.15) is 0 Å². The van der Waals surface area contributed by atoms with Gasteiger partial charge in [0.05, 0.1) is 0 Å². The van der Waals surface area contributed by atoms with Gasteiger partial charge < -0.3 is 10.6 Å². The predicted molar refractivity (Wildman–Crippen MR) is 69.8 cm³/mol. The van der Waals surface area contributed by atoms with Crippen molar-refractivity contribution in [3.63, 3.8) is 0 Å². The summed E-state index contributed by atoms with van der Waals surface area (Å²) in [5.41, 5.74) is 8.57. The van der Waals surface area contributed by atoms with Gasteiger partial charge in [0.15, 0.2) is 0 Å². The molecule has 1 saturated heterocycles. The molecule has 1 aliphatic heterocycles. The average molecular weight is 218 g/mol. The largest absolute Gasteiger partial charge is 0.371 e. The molecule has 1 aromatic carbocycles. The molecule has 1 aromatic rings. The summed E-state index contributed by atoms with van der Waals surface area (Å²) in [4.78, 5) is 2.49. The van der Waals surface area contributed by atoms with Gasteiger partial charge in [0.25, 0.3) is 0 Å². The lowest BCUT2D eigenvalue weighted by molar-refractivity contribution is 0.485. The molecule has 1 heterocycles. The van der Waals surface area contributed by atoms with Crippen LogP contribution in [-0.2, 0) is 0 Å². The molecule has 0 spiro atoms. The van der Waals surface area contributed by atoms with Gasteiger partial charge in [-0.3, -0.25) is 0 Å². The van der Waals surface area contributed by atoms with Gasteiger partial charge in [-0.05, 0) is 50.3 Å². The minimum Gasteiger partial charge on any atom is -0.371 e. The second-order valence-corrected chi connectivity index (χ2v) is 5.15. The third-order valence-corrected chi connectivity index (χ3v) is 3.36. The van der Waals surface area contributed by atoms with Crippen molar-refractivity contribution in [3.8, 4) is 0 Å². The van der Waals surface area contributed by atoms with Gasteiger partial charge in [-0.1, -0.05) is 12.1 Å². The van der Waals surface area contributed by atoms with Crippen LogP contribution in [0.3, 0.4) is 0 Å². The minimum absolute atomic E-state index is 0.336. The van der Waals surface area contributed by atoms with Crippen LogP contribution in [0.1, 0.15) is 25.3 Å². The topological polar surface area (TPSA) is 29.3 Å². The fourth-order valence-electron chi connectivity index (χ4n) is 2.61. The molecule has 2 rings (SSSR count). The molecule has 1 fully saturated rings. The number of rotatable bonds is 3. The van der Waals surface area contributed by atoms with Crippen molar-refractivity contribution in [2.24, 2.45) is 11.7 Å². The van der Waals surface area contributed by atoms with Crippen LogP contribution in [0.15, 0.2) is 24.3 Å². The van der Waals surface area contributed by atoms with E-state index in [9.17, 15) is 0 Å². The fraction of sp³-hybridized carbons (Fsp3) is 0.571. The number of benzene rings is 1. The molecule has 88 valence electrons. The summed E-state index contributed by atoms with van der Waals surface area (Å²) in [6.07, 6.45) is 2.44. The van der Waals surface area contributed by atoms with E-state index < -0.39 is 0 Å². The highest BCUT2D eigenvalue weighted by atomic mass is 15.1. The first-order valence-corrected chi connectivity index (χ1v) is 6.22. The summed E-state index contributed by atoms with van der Waals surface area (Å²) < 4.78 is 0. The molecule has 2 atom stereocenters. The summed E-state index contributed by atoms with van der Waals surface area (Å²) in [6, 6.07) is 9.11. The molecule has 2 unspecified atom stereocenters. The summed E-state index contributed by atoms with van der Waals surface area (Å²) >= 11 is 0. The van der Waals surface area contributed by atoms with Gasteiger partial charge in [0.2, 0.25) is 0 Å². The van der Waals surface area contributed by atoms with Crippen LogP contribution >= 0.6 is 0 Å². The number of hydrogen-bond donors (Lipinski definition) is 1. The average Bonchev–Trinajstić information content (AvgIpc) is 2.65. The zero-order valence-electron chi connectivity index (χ0n) is 10.3. The molecule has 0 aliphatic carbocycles. The Balaban J connectivity index is 1.98. The zero-order chi connectivity index (χ0) is 11.5. The van der Waals surface area contributed by atoms with Crippen LogP contribution < -0.4 is 10.6 Å². The first-order valence-electron chi connectivity index (χ1n) is 6.22. The summed E-state index contributed by atoms with van der Waals surface area (Å²) in [7, 11) is 0. The van der Waals surface area contributed by atoms with Crippen molar-refractivity contribution in [1.82, 2.24) is 0 Å². The van der Waals surface area contributed by atoms with Gasteiger partial charge in [-0.25, -0.2) is 0 Å². The minimum atomic E-state index is 0.336. The number of nitrogens with two attached hydrogens (primary N) is 1. The fourth-order valence-corrected chi connectivity index (χ4v) is 2.61. The maximum Gasteiger partial charge on any atom is 0.0368 e. The Kier molecular flexibility index (Phi) is 3.49. The molecule has 0 amide bonds. The molecule has 2 heteroatoms. The summed E-state index contributed by atoms with van der Waals surface area (Å²) in [6.45, 7) is 6.61. The molecule has 1 aliphatic rings. The van der Waals surface area contributed by atoms with Crippen molar-refractivity contribution >= 4 is 5.69 Å². The van der Waals surface area contributed by atoms with Gasteiger partial charge in [0, 0.05) is 24.8 Å². The van der Waals surface area contributed by atoms with Crippen LogP contribution in [-0.4, -0.2) is 19.1 Å². The smallest absolute Gasteiger partial charge is 0.0368 e. The van der Waals surface area contributed by atoms with Crippen LogP contribution in [0.2, 0.25) is 0 Å². The van der Waals surface area contributed by atoms with E-state index in [2.05, 4.69) is 43.0 Å². The Bertz CT molecular complexity index is 346. The SMILES string of the molecule is Cc1cccc(N2CCC(CC(C)N)C2)c1. The number of aryl methyl sites for hydroxylation is 1. The highest BCUT2D eigenvalue weighted by Crippen LogP contribution is 2.26. The van der Waals surface area contributed by atoms with E-state index in [1.54, 1.807) is 0 Å². The Morgan fingerprint density at radius 2 is 2.31 bits per heavy atom. The molecule has 16 heavy (non-hydrogen) atoms. The molecule has 0 radical (unpaired) electrons. The summed E-state index contributed by atoms with van der Waals surface area (Å²) in [5.74, 6) is 0.778. The Morgan fingerprint density at radius 1 is 1.50 bits per heavy atom. The molecule has 0 bridgehead atoms. The van der Waals surface area contributed by atoms with Gasteiger partial charge in [-0.2, -0.15) is 0 Å². The quantitative estimate of drug-likeness (QED) is 0.845. The van der Waals surface area contributed by atoms with E-state index in [1.807, 2.05) is 0 Å². The monoisotopic (exact) mass is 218 g/mol. The Labute approximate surface area is 98.4 Å². The van der Waals surface area contributed by atoms with Crippen LogP contribution in [0, 0.1) is 12.8 Å². The predicted octanol–water partition coefficient (Wildman–Crippen LogP) is 2.56. The highest BCUT2D eigenvalue weighted by Gasteiger charge is 2.23. The van der Waals surface area contributed by atoms with E-state index in [0.717, 1.165) is 12.3 Å². The normalized spacial score (nSPS) is 22.4. The van der Waals surface area contributed by atoms with Crippen molar-refractivity contribution < 1.29 is 0 Å². The first-order chi connectivity index (χ1) is 7.65. The third kappa shape index (κ3) is 2.76. The van der Waals surface area contributed by atoms with Crippen LogP contribution in [0.25, 0.3) is 0 Å². The Morgan fingerprint density at radius 3 is 3.00 bits per heavy atom. The first kappa shape index (κ1) is 11.5. The molecule has 0 aromatic heterocycles. The maximum absolute atomic E-state index is 5.86. The van der Waals surface area contributed by atoms with E-state index in [-0.39, 0.29) is 0 Å². The van der Waals surface area contributed by atoms with Crippen molar-refractivity contribution in [1.29, 1.82) is 0 Å². The third-order valence-electron chi connectivity index (χ3n) is 3.36. The van der Waals surface area contributed by atoms with E-state index in [0.29, 0.717) is 6.04 Å². The molecule has 2 nitrogen and oxygen atoms in total. The highest BCUT2D eigenvalue weighted by molar-refractivity contribution is 5.49. The second kappa shape index (κ2) is 4.88.